The van der Waals surface area contributed by atoms with Gasteiger partial charge in [0.15, 0.2) is 0 Å². The quantitative estimate of drug-likeness (QED) is 0.659. The van der Waals surface area contributed by atoms with Gasteiger partial charge in [-0.2, -0.15) is 0 Å². The van der Waals surface area contributed by atoms with Crippen molar-refractivity contribution < 1.29 is 24.2 Å². The molecule has 0 aromatic heterocycles. The summed E-state index contributed by atoms with van der Waals surface area (Å²) in [5.41, 5.74) is -0.317. The first-order valence-electron chi connectivity index (χ1n) is 8.62. The molecule has 1 aliphatic rings. The Bertz CT molecular complexity index is 732. The molecule has 0 aliphatic carbocycles. The zero-order valence-electron chi connectivity index (χ0n) is 15.5. The normalized spacial score (nSPS) is 16.9. The van der Waals surface area contributed by atoms with Crippen molar-refractivity contribution in [1.82, 2.24) is 15.5 Å². The van der Waals surface area contributed by atoms with Crippen LogP contribution in [0.3, 0.4) is 0 Å². The maximum atomic E-state index is 12.8. The van der Waals surface area contributed by atoms with Crippen LogP contribution in [0.1, 0.15) is 54.3 Å². The van der Waals surface area contributed by atoms with E-state index in [1.807, 2.05) is 0 Å². The summed E-state index contributed by atoms with van der Waals surface area (Å²) in [6, 6.07) is 4.03. The molecule has 0 spiro atoms. The second kappa shape index (κ2) is 8.58. The molecule has 8 nitrogen and oxygen atoms in total. The summed E-state index contributed by atoms with van der Waals surface area (Å²) in [5, 5.41) is 14.8. The molecular weight excluding hydrogens is 374 g/mol. The minimum absolute atomic E-state index is 0.0224. The van der Waals surface area contributed by atoms with Gasteiger partial charge in [0.1, 0.15) is 5.60 Å². The van der Waals surface area contributed by atoms with E-state index in [0.29, 0.717) is 6.54 Å². The van der Waals surface area contributed by atoms with Gasteiger partial charge in [-0.1, -0.05) is 11.6 Å². The fourth-order valence-electron chi connectivity index (χ4n) is 2.75. The Morgan fingerprint density at radius 2 is 2.04 bits per heavy atom. The van der Waals surface area contributed by atoms with Crippen LogP contribution in [-0.4, -0.2) is 53.0 Å². The maximum Gasteiger partial charge on any atom is 0.408 e. The molecule has 27 heavy (non-hydrogen) atoms. The Kier molecular flexibility index (Phi) is 6.67. The van der Waals surface area contributed by atoms with Crippen molar-refractivity contribution in [1.29, 1.82) is 0 Å². The lowest BCUT2D eigenvalue weighted by atomic mass is 10.1. The van der Waals surface area contributed by atoms with Gasteiger partial charge in [0.2, 0.25) is 0 Å². The van der Waals surface area contributed by atoms with E-state index in [2.05, 4.69) is 10.6 Å². The van der Waals surface area contributed by atoms with Gasteiger partial charge in [0, 0.05) is 6.54 Å². The molecule has 0 bridgehead atoms. The minimum Gasteiger partial charge on any atom is -0.478 e. The second-order valence-corrected chi connectivity index (χ2v) is 7.62. The number of hydrogen-bond acceptors (Lipinski definition) is 5. The zero-order chi connectivity index (χ0) is 20.2. The number of aromatic carboxylic acids is 1. The summed E-state index contributed by atoms with van der Waals surface area (Å²) in [6.45, 7) is 6.01. The van der Waals surface area contributed by atoms with Gasteiger partial charge >= 0.3 is 12.1 Å². The number of nitrogens with one attached hydrogen (secondary N) is 2. The standard InChI is InChI=1S/C18H24ClN3O5/c1-18(2,3)27-17(26)21-10-20-14-5-4-8-22(14)15(23)12-7-6-11(16(24)25)9-13(12)19/h6-7,9,14,20H,4-5,8,10H2,1-3H3,(H,21,26)(H,24,25)/t14-/m0/s1. The Morgan fingerprint density at radius 1 is 1.33 bits per heavy atom. The molecule has 1 heterocycles. The van der Waals surface area contributed by atoms with Crippen molar-refractivity contribution in [2.75, 3.05) is 13.2 Å². The average molecular weight is 398 g/mol. The molecule has 1 aromatic carbocycles. The van der Waals surface area contributed by atoms with Crippen LogP contribution in [0, 0.1) is 0 Å². The first-order chi connectivity index (χ1) is 12.6. The van der Waals surface area contributed by atoms with E-state index >= 15 is 0 Å². The van der Waals surface area contributed by atoms with E-state index in [0.717, 1.165) is 12.8 Å². The van der Waals surface area contributed by atoms with Crippen LogP contribution in [0.2, 0.25) is 5.02 Å². The molecule has 3 N–H and O–H groups in total. The number of ether oxygens (including phenoxy) is 1. The maximum absolute atomic E-state index is 12.8. The molecule has 9 heteroatoms. The fourth-order valence-corrected chi connectivity index (χ4v) is 3.01. The number of rotatable bonds is 5. The third-order valence-corrected chi connectivity index (χ3v) is 4.24. The highest BCUT2D eigenvalue weighted by Crippen LogP contribution is 2.24. The van der Waals surface area contributed by atoms with Gasteiger partial charge in [-0.05, 0) is 51.8 Å². The van der Waals surface area contributed by atoms with Crippen LogP contribution < -0.4 is 10.6 Å². The number of likely N-dealkylation sites (tertiary alicyclic amines) is 1. The topological polar surface area (TPSA) is 108 Å². The van der Waals surface area contributed by atoms with Gasteiger partial charge in [-0.3, -0.25) is 10.1 Å². The number of nitrogens with zero attached hydrogens (tertiary/aromatic N) is 1. The van der Waals surface area contributed by atoms with Crippen LogP contribution in [0.15, 0.2) is 18.2 Å². The fraction of sp³-hybridized carbons (Fsp3) is 0.500. The van der Waals surface area contributed by atoms with Crippen molar-refractivity contribution in [3.05, 3.63) is 34.3 Å². The number of hydrogen-bond donors (Lipinski definition) is 3. The predicted molar refractivity (Wildman–Crippen MR) is 99.8 cm³/mol. The molecule has 0 unspecified atom stereocenters. The Morgan fingerprint density at radius 3 is 2.63 bits per heavy atom. The number of benzene rings is 1. The van der Waals surface area contributed by atoms with Gasteiger partial charge in [-0.15, -0.1) is 0 Å². The lowest BCUT2D eigenvalue weighted by Gasteiger charge is -2.26. The summed E-state index contributed by atoms with van der Waals surface area (Å²) in [6.07, 6.45) is 0.730. The van der Waals surface area contributed by atoms with Crippen molar-refractivity contribution in [3.63, 3.8) is 0 Å². The molecular formula is C18H24ClN3O5. The van der Waals surface area contributed by atoms with Crippen LogP contribution in [0.5, 0.6) is 0 Å². The summed E-state index contributed by atoms with van der Waals surface area (Å²) >= 11 is 6.10. The molecule has 1 atom stereocenters. The number of carbonyl (C=O) groups excluding carboxylic acids is 2. The summed E-state index contributed by atoms with van der Waals surface area (Å²) in [4.78, 5) is 37.1. The second-order valence-electron chi connectivity index (χ2n) is 7.22. The van der Waals surface area contributed by atoms with Crippen LogP contribution in [-0.2, 0) is 4.74 Å². The molecule has 0 saturated carbocycles. The smallest absolute Gasteiger partial charge is 0.408 e. The number of alkyl carbamates (subject to hydrolysis) is 1. The number of amides is 2. The first kappa shape index (κ1) is 21.0. The molecule has 2 amide bonds. The SMILES string of the molecule is CC(C)(C)OC(=O)NCN[C@@H]1CCCN1C(=O)c1ccc(C(=O)O)cc1Cl. The molecule has 2 rings (SSSR count). The van der Waals surface area contributed by atoms with E-state index in [-0.39, 0.29) is 34.9 Å². The molecule has 1 saturated heterocycles. The highest BCUT2D eigenvalue weighted by Gasteiger charge is 2.30. The van der Waals surface area contributed by atoms with E-state index in [9.17, 15) is 14.4 Å². The molecule has 1 aromatic rings. The van der Waals surface area contributed by atoms with Gasteiger partial charge in [0.05, 0.1) is 29.0 Å². The van der Waals surface area contributed by atoms with Crippen molar-refractivity contribution in [2.24, 2.45) is 0 Å². The summed E-state index contributed by atoms with van der Waals surface area (Å²) in [5.74, 6) is -1.39. The minimum atomic E-state index is -1.11. The van der Waals surface area contributed by atoms with Crippen molar-refractivity contribution in [2.45, 2.75) is 45.4 Å². The van der Waals surface area contributed by atoms with Gasteiger partial charge < -0.3 is 20.1 Å². The Labute approximate surface area is 162 Å². The molecule has 148 valence electrons. The highest BCUT2D eigenvalue weighted by atomic mass is 35.5. The van der Waals surface area contributed by atoms with Gasteiger partial charge in [-0.25, -0.2) is 9.59 Å². The lowest BCUT2D eigenvalue weighted by Crippen LogP contribution is -2.49. The summed E-state index contributed by atoms with van der Waals surface area (Å²) < 4.78 is 5.16. The van der Waals surface area contributed by atoms with E-state index in [4.69, 9.17) is 21.4 Å². The third kappa shape index (κ3) is 5.83. The largest absolute Gasteiger partial charge is 0.478 e. The highest BCUT2D eigenvalue weighted by molar-refractivity contribution is 6.34. The van der Waals surface area contributed by atoms with Crippen molar-refractivity contribution in [3.8, 4) is 0 Å². The lowest BCUT2D eigenvalue weighted by molar-refractivity contribution is 0.0514. The van der Waals surface area contributed by atoms with Crippen LogP contribution >= 0.6 is 11.6 Å². The monoisotopic (exact) mass is 397 g/mol. The number of carbonyl (C=O) groups is 3. The van der Waals surface area contributed by atoms with E-state index in [1.165, 1.54) is 18.2 Å². The average Bonchev–Trinajstić information content (AvgIpc) is 3.00. The third-order valence-electron chi connectivity index (χ3n) is 3.93. The number of carboxylic acid groups (broad SMARTS) is 1. The Hall–Kier alpha value is -2.32. The number of halogens is 1. The first-order valence-corrected chi connectivity index (χ1v) is 9.00. The van der Waals surface area contributed by atoms with Crippen molar-refractivity contribution >= 4 is 29.6 Å². The molecule has 1 fully saturated rings. The predicted octanol–water partition coefficient (Wildman–Crippen LogP) is 2.67. The zero-order valence-corrected chi connectivity index (χ0v) is 16.3. The van der Waals surface area contributed by atoms with E-state index < -0.39 is 17.7 Å². The summed E-state index contributed by atoms with van der Waals surface area (Å²) in [7, 11) is 0. The van der Waals surface area contributed by atoms with Crippen LogP contribution in [0.4, 0.5) is 4.79 Å². The molecule has 1 aliphatic heterocycles. The van der Waals surface area contributed by atoms with Crippen LogP contribution in [0.25, 0.3) is 0 Å². The van der Waals surface area contributed by atoms with Gasteiger partial charge in [0.25, 0.3) is 5.91 Å². The Balaban J connectivity index is 1.96. The molecule has 0 radical (unpaired) electrons. The van der Waals surface area contributed by atoms with E-state index in [1.54, 1.807) is 25.7 Å². The number of carboxylic acids is 1.